The number of nitrogen functional groups attached to an aromatic ring is 1. The third kappa shape index (κ3) is 5.72. The average Bonchev–Trinajstić information content (AvgIpc) is 2.38. The molecule has 0 aromatic heterocycles. The van der Waals surface area contributed by atoms with Gasteiger partial charge < -0.3 is 20.5 Å². The van der Waals surface area contributed by atoms with Crippen molar-refractivity contribution in [2.24, 2.45) is 0 Å². The van der Waals surface area contributed by atoms with Crippen LogP contribution in [0.4, 0.5) is 11.4 Å². The Kier molecular flexibility index (Phi) is 6.32. The van der Waals surface area contributed by atoms with Crippen LogP contribution < -0.4 is 11.1 Å². The van der Waals surface area contributed by atoms with Gasteiger partial charge in [-0.2, -0.15) is 0 Å². The molecule has 0 saturated carbocycles. The van der Waals surface area contributed by atoms with E-state index in [0.717, 1.165) is 5.56 Å². The summed E-state index contributed by atoms with van der Waals surface area (Å²) in [5.41, 5.74) is 8.09. The molecule has 1 aromatic rings. The normalized spacial score (nSPS) is 12.2. The number of aryl methyl sites for hydroxylation is 1. The number of hydrogen-bond acceptors (Lipinski definition) is 4. The Labute approximate surface area is 114 Å². The standard InChI is InChI=1S/C14H22N2O3/c1-4-18-8-11(3)19-9-14(17)16-12-6-5-10(2)13(15)7-12/h5-7,11H,4,8-9,15H2,1-3H3,(H,16,17). The summed E-state index contributed by atoms with van der Waals surface area (Å²) >= 11 is 0. The number of amides is 1. The van der Waals surface area contributed by atoms with Crippen molar-refractivity contribution in [3.8, 4) is 0 Å². The lowest BCUT2D eigenvalue weighted by Crippen LogP contribution is -2.24. The average molecular weight is 266 g/mol. The fraction of sp³-hybridized carbons (Fsp3) is 0.500. The van der Waals surface area contributed by atoms with Crippen LogP contribution >= 0.6 is 0 Å². The maximum atomic E-state index is 11.7. The number of benzene rings is 1. The molecule has 1 amide bonds. The van der Waals surface area contributed by atoms with Gasteiger partial charge in [0.1, 0.15) is 6.61 Å². The summed E-state index contributed by atoms with van der Waals surface area (Å²) in [5, 5.41) is 2.74. The van der Waals surface area contributed by atoms with Crippen LogP contribution in [0.15, 0.2) is 18.2 Å². The molecule has 0 fully saturated rings. The van der Waals surface area contributed by atoms with Gasteiger partial charge in [-0.05, 0) is 38.5 Å². The van der Waals surface area contributed by atoms with Crippen LogP contribution in [-0.2, 0) is 14.3 Å². The molecule has 5 heteroatoms. The highest BCUT2D eigenvalue weighted by atomic mass is 16.5. The van der Waals surface area contributed by atoms with Crippen LogP contribution in [0.25, 0.3) is 0 Å². The SMILES string of the molecule is CCOCC(C)OCC(=O)Nc1ccc(C)c(N)c1. The highest BCUT2D eigenvalue weighted by molar-refractivity contribution is 5.92. The summed E-state index contributed by atoms with van der Waals surface area (Å²) in [7, 11) is 0. The summed E-state index contributed by atoms with van der Waals surface area (Å²) in [4.78, 5) is 11.7. The Hall–Kier alpha value is -1.59. The summed E-state index contributed by atoms with van der Waals surface area (Å²) in [5.74, 6) is -0.202. The number of nitrogens with one attached hydrogen (secondary N) is 1. The maximum Gasteiger partial charge on any atom is 0.250 e. The molecule has 3 N–H and O–H groups in total. The summed E-state index contributed by atoms with van der Waals surface area (Å²) in [6.45, 7) is 6.83. The van der Waals surface area contributed by atoms with Crippen LogP contribution in [0.3, 0.4) is 0 Å². The van der Waals surface area contributed by atoms with Crippen molar-refractivity contribution < 1.29 is 14.3 Å². The van der Waals surface area contributed by atoms with E-state index in [9.17, 15) is 4.79 Å². The monoisotopic (exact) mass is 266 g/mol. The Morgan fingerprint density at radius 3 is 2.84 bits per heavy atom. The number of nitrogens with two attached hydrogens (primary N) is 1. The van der Waals surface area contributed by atoms with Gasteiger partial charge in [0.25, 0.3) is 0 Å². The van der Waals surface area contributed by atoms with Gasteiger partial charge in [-0.3, -0.25) is 4.79 Å². The molecule has 0 aliphatic carbocycles. The Morgan fingerprint density at radius 1 is 1.47 bits per heavy atom. The maximum absolute atomic E-state index is 11.7. The molecule has 106 valence electrons. The minimum Gasteiger partial charge on any atom is -0.398 e. The molecule has 0 saturated heterocycles. The molecule has 1 unspecified atom stereocenters. The van der Waals surface area contributed by atoms with Crippen molar-refractivity contribution in [2.45, 2.75) is 26.9 Å². The lowest BCUT2D eigenvalue weighted by atomic mass is 10.2. The topological polar surface area (TPSA) is 73.6 Å². The van der Waals surface area contributed by atoms with E-state index in [2.05, 4.69) is 5.32 Å². The molecular formula is C14H22N2O3. The van der Waals surface area contributed by atoms with Crippen molar-refractivity contribution in [3.05, 3.63) is 23.8 Å². The molecule has 0 aliphatic rings. The van der Waals surface area contributed by atoms with E-state index in [-0.39, 0.29) is 18.6 Å². The van der Waals surface area contributed by atoms with E-state index in [1.807, 2.05) is 32.9 Å². The van der Waals surface area contributed by atoms with Gasteiger partial charge in [-0.1, -0.05) is 6.07 Å². The van der Waals surface area contributed by atoms with Gasteiger partial charge in [0.2, 0.25) is 5.91 Å². The molecule has 1 atom stereocenters. The second-order valence-corrected chi connectivity index (χ2v) is 4.40. The quantitative estimate of drug-likeness (QED) is 0.740. The number of anilines is 2. The van der Waals surface area contributed by atoms with E-state index < -0.39 is 0 Å². The third-order valence-corrected chi connectivity index (χ3v) is 2.62. The molecule has 0 aliphatic heterocycles. The van der Waals surface area contributed by atoms with Crippen molar-refractivity contribution in [1.29, 1.82) is 0 Å². The Bertz CT molecular complexity index is 421. The van der Waals surface area contributed by atoms with Crippen LogP contribution in [-0.4, -0.2) is 31.8 Å². The fourth-order valence-corrected chi connectivity index (χ4v) is 1.47. The summed E-state index contributed by atoms with van der Waals surface area (Å²) in [6.07, 6.45) is -0.103. The van der Waals surface area contributed by atoms with Gasteiger partial charge >= 0.3 is 0 Å². The van der Waals surface area contributed by atoms with Gasteiger partial charge in [0.15, 0.2) is 0 Å². The minimum absolute atomic E-state index is 0.00201. The lowest BCUT2D eigenvalue weighted by Gasteiger charge is -2.13. The minimum atomic E-state index is -0.202. The molecule has 5 nitrogen and oxygen atoms in total. The van der Waals surface area contributed by atoms with Gasteiger partial charge in [0, 0.05) is 18.0 Å². The predicted molar refractivity (Wildman–Crippen MR) is 76.1 cm³/mol. The van der Waals surface area contributed by atoms with Gasteiger partial charge in [-0.25, -0.2) is 0 Å². The highest BCUT2D eigenvalue weighted by Gasteiger charge is 2.07. The van der Waals surface area contributed by atoms with E-state index in [0.29, 0.717) is 24.6 Å². The van der Waals surface area contributed by atoms with Crippen LogP contribution in [0.1, 0.15) is 19.4 Å². The number of hydrogen-bond donors (Lipinski definition) is 2. The zero-order valence-electron chi connectivity index (χ0n) is 11.7. The summed E-state index contributed by atoms with van der Waals surface area (Å²) < 4.78 is 10.6. The third-order valence-electron chi connectivity index (χ3n) is 2.62. The second-order valence-electron chi connectivity index (χ2n) is 4.40. The molecule has 19 heavy (non-hydrogen) atoms. The first kappa shape index (κ1) is 15.5. The van der Waals surface area contributed by atoms with E-state index in [1.54, 1.807) is 6.07 Å². The molecule has 0 heterocycles. The van der Waals surface area contributed by atoms with Crippen molar-refractivity contribution in [3.63, 3.8) is 0 Å². The van der Waals surface area contributed by atoms with Crippen LogP contribution in [0.2, 0.25) is 0 Å². The molecular weight excluding hydrogens is 244 g/mol. The van der Waals surface area contributed by atoms with E-state index >= 15 is 0 Å². The van der Waals surface area contributed by atoms with E-state index in [1.165, 1.54) is 0 Å². The van der Waals surface area contributed by atoms with Crippen LogP contribution in [0.5, 0.6) is 0 Å². The first-order valence-electron chi connectivity index (χ1n) is 6.38. The van der Waals surface area contributed by atoms with Gasteiger partial charge in [0.05, 0.1) is 12.7 Å². The number of rotatable bonds is 7. The van der Waals surface area contributed by atoms with Crippen molar-refractivity contribution in [2.75, 3.05) is 30.9 Å². The summed E-state index contributed by atoms with van der Waals surface area (Å²) in [6, 6.07) is 5.41. The van der Waals surface area contributed by atoms with Crippen LogP contribution in [0, 0.1) is 6.92 Å². The molecule has 0 bridgehead atoms. The van der Waals surface area contributed by atoms with Crippen molar-refractivity contribution in [1.82, 2.24) is 0 Å². The first-order valence-corrected chi connectivity index (χ1v) is 6.38. The van der Waals surface area contributed by atoms with Crippen molar-refractivity contribution >= 4 is 17.3 Å². The number of carbonyl (C=O) groups excluding carboxylic acids is 1. The highest BCUT2D eigenvalue weighted by Crippen LogP contribution is 2.16. The lowest BCUT2D eigenvalue weighted by molar-refractivity contribution is -0.123. The molecule has 1 aromatic carbocycles. The Balaban J connectivity index is 2.36. The largest absolute Gasteiger partial charge is 0.398 e. The predicted octanol–water partition coefficient (Wildman–Crippen LogP) is 1.96. The first-order chi connectivity index (χ1) is 9.02. The number of carbonyl (C=O) groups is 1. The van der Waals surface area contributed by atoms with Gasteiger partial charge in [-0.15, -0.1) is 0 Å². The number of ether oxygens (including phenoxy) is 2. The molecule has 0 radical (unpaired) electrons. The smallest absolute Gasteiger partial charge is 0.250 e. The second kappa shape index (κ2) is 7.76. The Morgan fingerprint density at radius 2 is 2.21 bits per heavy atom. The molecule has 1 rings (SSSR count). The van der Waals surface area contributed by atoms with E-state index in [4.69, 9.17) is 15.2 Å². The molecule has 0 spiro atoms. The fourth-order valence-electron chi connectivity index (χ4n) is 1.47. The zero-order chi connectivity index (χ0) is 14.3. The zero-order valence-corrected chi connectivity index (χ0v) is 11.7.